The summed E-state index contributed by atoms with van der Waals surface area (Å²) < 4.78 is 15.1. The van der Waals surface area contributed by atoms with Crippen LogP contribution in [0.2, 0.25) is 5.02 Å². The molecule has 0 unspecified atom stereocenters. The van der Waals surface area contributed by atoms with Gasteiger partial charge < -0.3 is 19.4 Å². The standard InChI is InChI=1S/C21H22ClN5O3/c1-29-18-7-4-5-14(22)20(18)27-17-11-30-10-15(13(17)9-24-27)25-21(28)19-16-6-2-3-8-26(16)12-23-19/h4-5,7,9,12,15H,2-3,6,8,10-11H2,1H3,(H,25,28)/t15-/m0/s1. The summed E-state index contributed by atoms with van der Waals surface area (Å²) >= 11 is 6.44. The number of amides is 1. The molecule has 1 atom stereocenters. The molecule has 0 saturated carbocycles. The molecule has 156 valence electrons. The SMILES string of the molecule is COc1cccc(Cl)c1-n1ncc2c1COC[C@@H]2NC(=O)c1ncn2c1CCCC2. The number of hydrogen-bond acceptors (Lipinski definition) is 5. The van der Waals surface area contributed by atoms with Crippen molar-refractivity contribution < 1.29 is 14.3 Å². The highest BCUT2D eigenvalue weighted by Crippen LogP contribution is 2.34. The summed E-state index contributed by atoms with van der Waals surface area (Å²) in [6.45, 7) is 1.66. The molecule has 1 N–H and O–H groups in total. The van der Waals surface area contributed by atoms with Crippen molar-refractivity contribution in [3.8, 4) is 11.4 Å². The summed E-state index contributed by atoms with van der Waals surface area (Å²) in [4.78, 5) is 17.3. The second-order valence-corrected chi connectivity index (χ2v) is 7.89. The largest absolute Gasteiger partial charge is 0.494 e. The van der Waals surface area contributed by atoms with Gasteiger partial charge in [0.1, 0.15) is 17.1 Å². The van der Waals surface area contributed by atoms with E-state index in [1.165, 1.54) is 0 Å². The number of aryl methyl sites for hydroxylation is 1. The summed E-state index contributed by atoms with van der Waals surface area (Å²) in [5.41, 5.74) is 3.91. The van der Waals surface area contributed by atoms with Crippen molar-refractivity contribution in [2.75, 3.05) is 13.7 Å². The monoisotopic (exact) mass is 427 g/mol. The smallest absolute Gasteiger partial charge is 0.272 e. The Morgan fingerprint density at radius 1 is 1.33 bits per heavy atom. The van der Waals surface area contributed by atoms with Gasteiger partial charge in [-0.2, -0.15) is 5.10 Å². The van der Waals surface area contributed by atoms with E-state index >= 15 is 0 Å². The van der Waals surface area contributed by atoms with Crippen LogP contribution in [0.4, 0.5) is 0 Å². The van der Waals surface area contributed by atoms with Gasteiger partial charge in [-0.15, -0.1) is 0 Å². The Morgan fingerprint density at radius 2 is 2.23 bits per heavy atom. The first-order valence-corrected chi connectivity index (χ1v) is 10.4. The van der Waals surface area contributed by atoms with E-state index in [4.69, 9.17) is 21.1 Å². The number of carbonyl (C=O) groups is 1. The van der Waals surface area contributed by atoms with E-state index in [0.717, 1.165) is 42.8 Å². The van der Waals surface area contributed by atoms with Gasteiger partial charge in [0.2, 0.25) is 0 Å². The minimum atomic E-state index is -0.315. The zero-order valence-corrected chi connectivity index (χ0v) is 17.4. The first-order chi connectivity index (χ1) is 14.7. The highest BCUT2D eigenvalue weighted by atomic mass is 35.5. The number of aromatic nitrogens is 4. The maximum Gasteiger partial charge on any atom is 0.272 e. The first kappa shape index (κ1) is 19.1. The van der Waals surface area contributed by atoms with Crippen LogP contribution in [0.15, 0.2) is 30.7 Å². The van der Waals surface area contributed by atoms with E-state index in [1.54, 1.807) is 30.4 Å². The number of methoxy groups -OCH3 is 1. The molecule has 2 aliphatic heterocycles. The number of nitrogens with zero attached hydrogens (tertiary/aromatic N) is 4. The Kier molecular flexibility index (Phi) is 4.96. The molecule has 1 aromatic carbocycles. The molecule has 2 aromatic heterocycles. The maximum atomic E-state index is 13.0. The minimum absolute atomic E-state index is 0.185. The number of carbonyl (C=O) groups excluding carboxylic acids is 1. The second kappa shape index (κ2) is 7.77. The summed E-state index contributed by atoms with van der Waals surface area (Å²) in [5, 5.41) is 8.13. The van der Waals surface area contributed by atoms with Crippen LogP contribution in [0.1, 0.15) is 46.3 Å². The molecule has 0 spiro atoms. The van der Waals surface area contributed by atoms with Crippen LogP contribution in [0.25, 0.3) is 5.69 Å². The summed E-state index contributed by atoms with van der Waals surface area (Å²) in [5.74, 6) is 0.430. The van der Waals surface area contributed by atoms with Gasteiger partial charge in [-0.25, -0.2) is 9.67 Å². The Balaban J connectivity index is 1.45. The van der Waals surface area contributed by atoms with Gasteiger partial charge in [0.05, 0.1) is 55.3 Å². The number of para-hydroxylation sites is 1. The van der Waals surface area contributed by atoms with E-state index in [-0.39, 0.29) is 11.9 Å². The topological polar surface area (TPSA) is 83.2 Å². The van der Waals surface area contributed by atoms with Gasteiger partial charge in [0.15, 0.2) is 0 Å². The van der Waals surface area contributed by atoms with Gasteiger partial charge in [-0.3, -0.25) is 4.79 Å². The number of fused-ring (bicyclic) bond motifs is 2. The van der Waals surface area contributed by atoms with Gasteiger partial charge in [0.25, 0.3) is 5.91 Å². The van der Waals surface area contributed by atoms with Crippen LogP contribution in [-0.2, 0) is 24.3 Å². The minimum Gasteiger partial charge on any atom is -0.494 e. The number of nitrogens with one attached hydrogen (secondary N) is 1. The lowest BCUT2D eigenvalue weighted by molar-refractivity contribution is 0.0683. The van der Waals surface area contributed by atoms with Crippen molar-refractivity contribution in [1.29, 1.82) is 0 Å². The molecule has 8 nitrogen and oxygen atoms in total. The number of ether oxygens (including phenoxy) is 2. The fourth-order valence-electron chi connectivity index (χ4n) is 4.22. The average Bonchev–Trinajstić information content (AvgIpc) is 3.38. The third-order valence-corrected chi connectivity index (χ3v) is 6.02. The highest BCUT2D eigenvalue weighted by molar-refractivity contribution is 6.32. The average molecular weight is 428 g/mol. The maximum absolute atomic E-state index is 13.0. The van der Waals surface area contributed by atoms with Crippen LogP contribution in [0.3, 0.4) is 0 Å². The number of benzene rings is 1. The predicted octanol–water partition coefficient (Wildman–Crippen LogP) is 3.07. The normalized spacial score (nSPS) is 17.9. The van der Waals surface area contributed by atoms with Crippen LogP contribution < -0.4 is 10.1 Å². The molecule has 9 heteroatoms. The zero-order chi connectivity index (χ0) is 20.7. The molecular weight excluding hydrogens is 406 g/mol. The molecular formula is C21H22ClN5O3. The third kappa shape index (κ3) is 3.16. The summed E-state index contributed by atoms with van der Waals surface area (Å²) in [6.07, 6.45) is 6.59. The van der Waals surface area contributed by atoms with Crippen molar-refractivity contribution in [2.45, 2.75) is 38.5 Å². The molecule has 0 saturated heterocycles. The van der Waals surface area contributed by atoms with Gasteiger partial charge in [-0.1, -0.05) is 17.7 Å². The van der Waals surface area contributed by atoms with Crippen LogP contribution in [-0.4, -0.2) is 39.0 Å². The fourth-order valence-corrected chi connectivity index (χ4v) is 4.46. The Labute approximate surface area is 178 Å². The van der Waals surface area contributed by atoms with Gasteiger partial charge in [0, 0.05) is 12.1 Å². The van der Waals surface area contributed by atoms with Crippen molar-refractivity contribution >= 4 is 17.5 Å². The van der Waals surface area contributed by atoms with E-state index in [1.807, 2.05) is 12.1 Å². The van der Waals surface area contributed by atoms with Crippen LogP contribution in [0, 0.1) is 0 Å². The Bertz CT molecular complexity index is 1110. The van der Waals surface area contributed by atoms with E-state index in [2.05, 4.69) is 20.0 Å². The van der Waals surface area contributed by atoms with Gasteiger partial charge >= 0.3 is 0 Å². The predicted molar refractivity (Wildman–Crippen MR) is 110 cm³/mol. The molecule has 4 heterocycles. The van der Waals surface area contributed by atoms with Crippen LogP contribution >= 0.6 is 11.6 Å². The van der Waals surface area contributed by atoms with E-state index in [9.17, 15) is 4.79 Å². The molecule has 5 rings (SSSR count). The quantitative estimate of drug-likeness (QED) is 0.691. The van der Waals surface area contributed by atoms with Crippen molar-refractivity contribution in [2.24, 2.45) is 0 Å². The Morgan fingerprint density at radius 3 is 3.10 bits per heavy atom. The lowest BCUT2D eigenvalue weighted by Crippen LogP contribution is -2.35. The van der Waals surface area contributed by atoms with E-state index in [0.29, 0.717) is 35.4 Å². The third-order valence-electron chi connectivity index (χ3n) is 5.71. The molecule has 0 radical (unpaired) electrons. The fraction of sp³-hybridized carbons (Fsp3) is 0.381. The molecule has 0 aliphatic carbocycles. The van der Waals surface area contributed by atoms with Crippen molar-refractivity contribution in [3.05, 3.63) is 58.4 Å². The van der Waals surface area contributed by atoms with E-state index < -0.39 is 0 Å². The lowest BCUT2D eigenvalue weighted by Gasteiger charge is -2.25. The van der Waals surface area contributed by atoms with Crippen LogP contribution in [0.5, 0.6) is 5.75 Å². The molecule has 30 heavy (non-hydrogen) atoms. The molecule has 0 fully saturated rings. The second-order valence-electron chi connectivity index (χ2n) is 7.48. The Hall–Kier alpha value is -2.84. The molecule has 3 aromatic rings. The van der Waals surface area contributed by atoms with Crippen molar-refractivity contribution in [1.82, 2.24) is 24.6 Å². The number of halogens is 1. The summed E-state index contributed by atoms with van der Waals surface area (Å²) in [7, 11) is 1.59. The summed E-state index contributed by atoms with van der Waals surface area (Å²) in [6, 6.07) is 5.13. The number of rotatable bonds is 4. The highest BCUT2D eigenvalue weighted by Gasteiger charge is 2.30. The molecule has 2 aliphatic rings. The van der Waals surface area contributed by atoms with Gasteiger partial charge in [-0.05, 0) is 31.4 Å². The molecule has 0 bridgehead atoms. The lowest BCUT2D eigenvalue weighted by atomic mass is 10.0. The molecule has 1 amide bonds. The van der Waals surface area contributed by atoms with Crippen molar-refractivity contribution in [3.63, 3.8) is 0 Å². The number of imidazole rings is 1. The zero-order valence-electron chi connectivity index (χ0n) is 16.6. The first-order valence-electron chi connectivity index (χ1n) is 9.99. The number of hydrogen-bond donors (Lipinski definition) is 1.